The van der Waals surface area contributed by atoms with Gasteiger partial charge in [-0.3, -0.25) is 9.88 Å². The Hall–Kier alpha value is -1.56. The zero-order valence-electron chi connectivity index (χ0n) is 12.3. The zero-order chi connectivity index (χ0) is 13.8. The van der Waals surface area contributed by atoms with E-state index in [0.29, 0.717) is 0 Å². The Morgan fingerprint density at radius 1 is 1.05 bits per heavy atom. The standard InChI is InChI=1S/C15H19N5.2ClH/c16-14-3-1-2-13(10-14)12-19-6-8-20(9-7-19)15-11-17-4-5-18-15;;/h1-5,10-11H,6-9,12,16H2;2*1H. The summed E-state index contributed by atoms with van der Waals surface area (Å²) in [5.74, 6) is 0.969. The van der Waals surface area contributed by atoms with Crippen LogP contribution in [0.15, 0.2) is 42.9 Å². The SMILES string of the molecule is Cl.Cl.Nc1cccc(CN2CCN(c3cnccn3)CC2)c1. The minimum Gasteiger partial charge on any atom is -0.399 e. The smallest absolute Gasteiger partial charge is 0.147 e. The monoisotopic (exact) mass is 341 g/mol. The molecule has 1 aliphatic heterocycles. The van der Waals surface area contributed by atoms with E-state index in [1.807, 2.05) is 18.3 Å². The summed E-state index contributed by atoms with van der Waals surface area (Å²) < 4.78 is 0. The predicted molar refractivity (Wildman–Crippen MR) is 94.9 cm³/mol. The van der Waals surface area contributed by atoms with Crippen LogP contribution in [-0.4, -0.2) is 41.0 Å². The minimum atomic E-state index is 0. The molecule has 2 heterocycles. The van der Waals surface area contributed by atoms with E-state index in [2.05, 4.69) is 31.9 Å². The van der Waals surface area contributed by atoms with Crippen LogP contribution >= 0.6 is 24.8 Å². The third-order valence-corrected chi connectivity index (χ3v) is 3.60. The van der Waals surface area contributed by atoms with Gasteiger partial charge in [-0.1, -0.05) is 12.1 Å². The van der Waals surface area contributed by atoms with Gasteiger partial charge in [-0.05, 0) is 17.7 Å². The number of hydrogen-bond donors (Lipinski definition) is 1. The zero-order valence-corrected chi connectivity index (χ0v) is 13.9. The van der Waals surface area contributed by atoms with Crippen molar-refractivity contribution in [1.82, 2.24) is 14.9 Å². The van der Waals surface area contributed by atoms with Gasteiger partial charge in [0.1, 0.15) is 5.82 Å². The lowest BCUT2D eigenvalue weighted by Crippen LogP contribution is -2.46. The van der Waals surface area contributed by atoms with Gasteiger partial charge in [0.05, 0.1) is 6.20 Å². The molecule has 0 saturated carbocycles. The molecule has 0 bridgehead atoms. The first kappa shape index (κ1) is 18.5. The number of rotatable bonds is 3. The van der Waals surface area contributed by atoms with Gasteiger partial charge in [-0.15, -0.1) is 24.8 Å². The van der Waals surface area contributed by atoms with Gasteiger partial charge < -0.3 is 10.6 Å². The normalized spacial score (nSPS) is 14.8. The highest BCUT2D eigenvalue weighted by atomic mass is 35.5. The van der Waals surface area contributed by atoms with E-state index in [4.69, 9.17) is 5.73 Å². The molecular formula is C15H21Cl2N5. The van der Waals surface area contributed by atoms with Crippen molar-refractivity contribution in [3.8, 4) is 0 Å². The predicted octanol–water partition coefficient (Wildman–Crippen LogP) is 2.22. The summed E-state index contributed by atoms with van der Waals surface area (Å²) in [7, 11) is 0. The summed E-state index contributed by atoms with van der Waals surface area (Å²) >= 11 is 0. The van der Waals surface area contributed by atoms with E-state index in [0.717, 1.165) is 44.2 Å². The second-order valence-electron chi connectivity index (χ2n) is 5.07. The maximum absolute atomic E-state index is 5.82. The summed E-state index contributed by atoms with van der Waals surface area (Å²) in [6.07, 6.45) is 5.28. The highest BCUT2D eigenvalue weighted by Gasteiger charge is 2.18. The Morgan fingerprint density at radius 2 is 1.82 bits per heavy atom. The van der Waals surface area contributed by atoms with Gasteiger partial charge in [0.15, 0.2) is 0 Å². The van der Waals surface area contributed by atoms with Crippen molar-refractivity contribution in [3.63, 3.8) is 0 Å². The molecule has 2 aromatic rings. The van der Waals surface area contributed by atoms with Gasteiger partial charge in [0.25, 0.3) is 0 Å². The molecule has 1 aromatic heterocycles. The average molecular weight is 342 g/mol. The minimum absolute atomic E-state index is 0. The molecule has 1 aliphatic rings. The van der Waals surface area contributed by atoms with Crippen molar-refractivity contribution < 1.29 is 0 Å². The van der Waals surface area contributed by atoms with E-state index >= 15 is 0 Å². The first-order valence-electron chi connectivity index (χ1n) is 6.89. The molecule has 1 saturated heterocycles. The fraction of sp³-hybridized carbons (Fsp3) is 0.333. The van der Waals surface area contributed by atoms with Crippen LogP contribution in [0.25, 0.3) is 0 Å². The molecule has 120 valence electrons. The second-order valence-corrected chi connectivity index (χ2v) is 5.07. The van der Waals surface area contributed by atoms with Crippen LogP contribution in [0.4, 0.5) is 11.5 Å². The molecule has 7 heteroatoms. The number of nitrogens with zero attached hydrogens (tertiary/aromatic N) is 4. The molecule has 5 nitrogen and oxygen atoms in total. The summed E-state index contributed by atoms with van der Waals surface area (Å²) in [4.78, 5) is 13.2. The first-order valence-corrected chi connectivity index (χ1v) is 6.89. The quantitative estimate of drug-likeness (QED) is 0.867. The lowest BCUT2D eigenvalue weighted by molar-refractivity contribution is 0.249. The van der Waals surface area contributed by atoms with Crippen molar-refractivity contribution in [3.05, 3.63) is 48.4 Å². The Bertz CT molecular complexity index is 559. The van der Waals surface area contributed by atoms with Gasteiger partial charge in [0.2, 0.25) is 0 Å². The van der Waals surface area contributed by atoms with E-state index in [9.17, 15) is 0 Å². The summed E-state index contributed by atoms with van der Waals surface area (Å²) in [5, 5.41) is 0. The van der Waals surface area contributed by atoms with Crippen molar-refractivity contribution in [2.24, 2.45) is 0 Å². The molecule has 0 aliphatic carbocycles. The van der Waals surface area contributed by atoms with Crippen LogP contribution in [0.1, 0.15) is 5.56 Å². The topological polar surface area (TPSA) is 58.3 Å². The molecule has 0 amide bonds. The highest BCUT2D eigenvalue weighted by Crippen LogP contribution is 2.14. The number of piperazine rings is 1. The summed E-state index contributed by atoms with van der Waals surface area (Å²) in [6, 6.07) is 8.12. The number of benzene rings is 1. The molecule has 0 spiro atoms. The van der Waals surface area contributed by atoms with Crippen LogP contribution in [0.2, 0.25) is 0 Å². The number of nitrogens with two attached hydrogens (primary N) is 1. The lowest BCUT2D eigenvalue weighted by Gasteiger charge is -2.35. The highest BCUT2D eigenvalue weighted by molar-refractivity contribution is 5.85. The van der Waals surface area contributed by atoms with Crippen molar-refractivity contribution in [1.29, 1.82) is 0 Å². The molecule has 1 aromatic carbocycles. The molecule has 0 radical (unpaired) electrons. The fourth-order valence-corrected chi connectivity index (χ4v) is 2.54. The van der Waals surface area contributed by atoms with Crippen LogP contribution in [-0.2, 0) is 6.54 Å². The van der Waals surface area contributed by atoms with Gasteiger partial charge in [0, 0.05) is 50.8 Å². The van der Waals surface area contributed by atoms with E-state index in [-0.39, 0.29) is 24.8 Å². The molecular weight excluding hydrogens is 321 g/mol. The first-order chi connectivity index (χ1) is 9.81. The van der Waals surface area contributed by atoms with Crippen molar-refractivity contribution in [2.45, 2.75) is 6.54 Å². The molecule has 0 unspecified atom stereocenters. The number of halogens is 2. The van der Waals surface area contributed by atoms with E-state index in [1.165, 1.54) is 5.56 Å². The number of nitrogen functional groups attached to an aromatic ring is 1. The van der Waals surface area contributed by atoms with Crippen LogP contribution < -0.4 is 10.6 Å². The Labute approximate surface area is 143 Å². The molecule has 1 fully saturated rings. The molecule has 22 heavy (non-hydrogen) atoms. The maximum atomic E-state index is 5.82. The Morgan fingerprint density at radius 3 is 2.45 bits per heavy atom. The summed E-state index contributed by atoms with van der Waals surface area (Å²) in [5.41, 5.74) is 7.93. The molecule has 2 N–H and O–H groups in total. The average Bonchev–Trinajstić information content (AvgIpc) is 2.49. The number of hydrogen-bond acceptors (Lipinski definition) is 5. The van der Waals surface area contributed by atoms with E-state index < -0.39 is 0 Å². The largest absolute Gasteiger partial charge is 0.399 e. The van der Waals surface area contributed by atoms with Crippen molar-refractivity contribution >= 4 is 36.3 Å². The fourth-order valence-electron chi connectivity index (χ4n) is 2.54. The van der Waals surface area contributed by atoms with Gasteiger partial charge >= 0.3 is 0 Å². The van der Waals surface area contributed by atoms with Crippen LogP contribution in [0.3, 0.4) is 0 Å². The summed E-state index contributed by atoms with van der Waals surface area (Å²) in [6.45, 7) is 5.00. The second kappa shape index (κ2) is 8.78. The van der Waals surface area contributed by atoms with Crippen molar-refractivity contribution in [2.75, 3.05) is 36.8 Å². The van der Waals surface area contributed by atoms with Crippen LogP contribution in [0, 0.1) is 0 Å². The van der Waals surface area contributed by atoms with Gasteiger partial charge in [-0.2, -0.15) is 0 Å². The molecule has 0 atom stereocenters. The number of anilines is 2. The third kappa shape index (κ3) is 4.73. The third-order valence-electron chi connectivity index (χ3n) is 3.60. The van der Waals surface area contributed by atoms with E-state index in [1.54, 1.807) is 12.4 Å². The maximum Gasteiger partial charge on any atom is 0.147 e. The Balaban J connectivity index is 0.00000121. The molecule has 3 rings (SSSR count). The Kier molecular flexibility index (Phi) is 7.38. The van der Waals surface area contributed by atoms with Crippen LogP contribution in [0.5, 0.6) is 0 Å². The lowest BCUT2D eigenvalue weighted by atomic mass is 10.2. The van der Waals surface area contributed by atoms with Gasteiger partial charge in [-0.25, -0.2) is 4.98 Å². The number of aromatic nitrogens is 2.